The normalized spacial score (nSPS) is 46.6. The van der Waals surface area contributed by atoms with E-state index in [0.29, 0.717) is 17.9 Å². The van der Waals surface area contributed by atoms with E-state index in [0.717, 1.165) is 11.8 Å². The van der Waals surface area contributed by atoms with Gasteiger partial charge in [-0.05, 0) is 55.8 Å². The van der Waals surface area contributed by atoms with Crippen molar-refractivity contribution < 1.29 is 8.42 Å². The molecule has 0 aromatic carbocycles. The lowest BCUT2D eigenvalue weighted by molar-refractivity contribution is -0.0349. The maximum absolute atomic E-state index is 11.7. The highest BCUT2D eigenvalue weighted by Crippen LogP contribution is 2.55. The molecule has 0 spiro atoms. The fourth-order valence-corrected chi connectivity index (χ4v) is 5.50. The molecule has 0 heterocycles. The highest BCUT2D eigenvalue weighted by Gasteiger charge is 2.50. The molecule has 4 fully saturated rings. The van der Waals surface area contributed by atoms with Crippen molar-refractivity contribution in [2.45, 2.75) is 38.1 Å². The summed E-state index contributed by atoms with van der Waals surface area (Å²) in [4.78, 5) is 0. The minimum absolute atomic E-state index is 0.308. The summed E-state index contributed by atoms with van der Waals surface area (Å²) in [5, 5.41) is 0. The SMILES string of the molecule is CN(C1C2CC3CC(C2)CC1C3)S(C)(=O)=O. The lowest BCUT2D eigenvalue weighted by Gasteiger charge is -2.56. The second kappa shape index (κ2) is 3.45. The highest BCUT2D eigenvalue weighted by molar-refractivity contribution is 7.88. The second-order valence-corrected chi connectivity index (χ2v) is 8.24. The van der Waals surface area contributed by atoms with Crippen molar-refractivity contribution in [1.29, 1.82) is 0 Å². The van der Waals surface area contributed by atoms with Gasteiger partial charge >= 0.3 is 0 Å². The van der Waals surface area contributed by atoms with Crippen LogP contribution in [0.1, 0.15) is 32.1 Å². The zero-order valence-electron chi connectivity index (χ0n) is 10.1. The van der Waals surface area contributed by atoms with E-state index in [2.05, 4.69) is 0 Å². The lowest BCUT2D eigenvalue weighted by atomic mass is 9.54. The highest BCUT2D eigenvalue weighted by atomic mass is 32.2. The molecule has 4 saturated carbocycles. The van der Waals surface area contributed by atoms with E-state index in [9.17, 15) is 8.42 Å². The molecule has 0 unspecified atom stereocenters. The first-order valence-corrected chi connectivity index (χ1v) is 8.23. The van der Waals surface area contributed by atoms with Crippen LogP contribution in [0.4, 0.5) is 0 Å². The van der Waals surface area contributed by atoms with Crippen molar-refractivity contribution >= 4 is 10.0 Å². The van der Waals surface area contributed by atoms with Gasteiger partial charge < -0.3 is 0 Å². The van der Waals surface area contributed by atoms with Gasteiger partial charge in [0.2, 0.25) is 10.0 Å². The molecule has 3 nitrogen and oxygen atoms in total. The summed E-state index contributed by atoms with van der Waals surface area (Å²) in [7, 11) is -1.23. The molecule has 4 aliphatic rings. The van der Waals surface area contributed by atoms with Gasteiger partial charge in [0.25, 0.3) is 0 Å². The van der Waals surface area contributed by atoms with Crippen molar-refractivity contribution in [3.8, 4) is 0 Å². The molecule has 16 heavy (non-hydrogen) atoms. The lowest BCUT2D eigenvalue weighted by Crippen LogP contribution is -2.56. The predicted molar refractivity (Wildman–Crippen MR) is 63.4 cm³/mol. The van der Waals surface area contributed by atoms with Gasteiger partial charge in [-0.25, -0.2) is 12.7 Å². The van der Waals surface area contributed by atoms with Crippen LogP contribution in [0.3, 0.4) is 0 Å². The number of nitrogens with zero attached hydrogens (tertiary/aromatic N) is 1. The minimum Gasteiger partial charge on any atom is -0.213 e. The van der Waals surface area contributed by atoms with Crippen molar-refractivity contribution in [3.63, 3.8) is 0 Å². The monoisotopic (exact) mass is 243 g/mol. The Morgan fingerprint density at radius 2 is 1.38 bits per heavy atom. The molecule has 0 N–H and O–H groups in total. The van der Waals surface area contributed by atoms with E-state index >= 15 is 0 Å². The van der Waals surface area contributed by atoms with Gasteiger partial charge in [0.1, 0.15) is 0 Å². The average molecular weight is 243 g/mol. The van der Waals surface area contributed by atoms with Crippen LogP contribution in [-0.4, -0.2) is 32.1 Å². The Labute approximate surface area is 98.3 Å². The zero-order valence-corrected chi connectivity index (χ0v) is 10.9. The summed E-state index contributed by atoms with van der Waals surface area (Å²) in [6.07, 6.45) is 7.87. The van der Waals surface area contributed by atoms with Gasteiger partial charge in [0, 0.05) is 13.1 Å². The van der Waals surface area contributed by atoms with Gasteiger partial charge in [-0.2, -0.15) is 0 Å². The molecule has 4 bridgehead atoms. The number of hydrogen-bond donors (Lipinski definition) is 0. The third kappa shape index (κ3) is 1.61. The predicted octanol–water partition coefficient (Wildman–Crippen LogP) is 1.70. The largest absolute Gasteiger partial charge is 0.213 e. The fraction of sp³-hybridized carbons (Fsp3) is 1.00. The van der Waals surface area contributed by atoms with Gasteiger partial charge in [0.05, 0.1) is 6.26 Å². The van der Waals surface area contributed by atoms with Crippen LogP contribution in [0, 0.1) is 23.7 Å². The van der Waals surface area contributed by atoms with E-state index in [1.807, 2.05) is 0 Å². The van der Waals surface area contributed by atoms with E-state index in [1.165, 1.54) is 38.4 Å². The topological polar surface area (TPSA) is 37.4 Å². The Morgan fingerprint density at radius 1 is 0.938 bits per heavy atom. The summed E-state index contributed by atoms with van der Waals surface area (Å²) < 4.78 is 25.0. The van der Waals surface area contributed by atoms with Gasteiger partial charge in [-0.3, -0.25) is 0 Å². The smallest absolute Gasteiger partial charge is 0.211 e. The first-order valence-electron chi connectivity index (χ1n) is 6.38. The van der Waals surface area contributed by atoms with Gasteiger partial charge in [0.15, 0.2) is 0 Å². The van der Waals surface area contributed by atoms with Crippen LogP contribution < -0.4 is 0 Å². The van der Waals surface area contributed by atoms with Crippen molar-refractivity contribution in [2.75, 3.05) is 13.3 Å². The van der Waals surface area contributed by atoms with Crippen LogP contribution in [0.15, 0.2) is 0 Å². The Morgan fingerprint density at radius 3 is 1.75 bits per heavy atom. The molecule has 0 aromatic heterocycles. The Balaban J connectivity index is 1.87. The Kier molecular flexibility index (Phi) is 2.38. The fourth-order valence-electron chi connectivity index (χ4n) is 4.71. The Bertz CT molecular complexity index is 362. The van der Waals surface area contributed by atoms with Crippen LogP contribution in [-0.2, 0) is 10.0 Å². The molecular weight excluding hydrogens is 222 g/mol. The van der Waals surface area contributed by atoms with Crippen molar-refractivity contribution in [1.82, 2.24) is 4.31 Å². The van der Waals surface area contributed by atoms with E-state index in [4.69, 9.17) is 0 Å². The number of rotatable bonds is 2. The third-order valence-electron chi connectivity index (χ3n) is 5.12. The number of hydrogen-bond acceptors (Lipinski definition) is 2. The summed E-state index contributed by atoms with van der Waals surface area (Å²) in [6.45, 7) is 0. The molecule has 0 amide bonds. The summed E-state index contributed by atoms with van der Waals surface area (Å²) >= 11 is 0. The molecule has 0 aromatic rings. The molecule has 4 rings (SSSR count). The van der Waals surface area contributed by atoms with Crippen LogP contribution in [0.2, 0.25) is 0 Å². The minimum atomic E-state index is -3.01. The van der Waals surface area contributed by atoms with Gasteiger partial charge in [-0.15, -0.1) is 0 Å². The quantitative estimate of drug-likeness (QED) is 0.740. The molecular formula is C12H21NO2S. The maximum atomic E-state index is 11.7. The van der Waals surface area contributed by atoms with E-state index in [1.54, 1.807) is 11.4 Å². The van der Waals surface area contributed by atoms with E-state index in [-0.39, 0.29) is 0 Å². The molecule has 4 aliphatic carbocycles. The zero-order chi connectivity index (χ0) is 11.5. The summed E-state index contributed by atoms with van der Waals surface area (Å²) in [5.41, 5.74) is 0. The van der Waals surface area contributed by atoms with Crippen molar-refractivity contribution in [2.24, 2.45) is 23.7 Å². The Hall–Kier alpha value is -0.0900. The molecule has 0 saturated heterocycles. The average Bonchev–Trinajstić information content (AvgIpc) is 2.13. The summed E-state index contributed by atoms with van der Waals surface area (Å²) in [6, 6.07) is 0.308. The van der Waals surface area contributed by atoms with Crippen LogP contribution in [0.5, 0.6) is 0 Å². The maximum Gasteiger partial charge on any atom is 0.211 e. The third-order valence-corrected chi connectivity index (χ3v) is 6.41. The molecule has 0 atom stereocenters. The van der Waals surface area contributed by atoms with Crippen LogP contribution in [0.25, 0.3) is 0 Å². The molecule has 4 heteroatoms. The summed E-state index contributed by atoms with van der Waals surface area (Å²) in [5.74, 6) is 3.12. The van der Waals surface area contributed by atoms with Crippen LogP contribution >= 0.6 is 0 Å². The van der Waals surface area contributed by atoms with Crippen molar-refractivity contribution in [3.05, 3.63) is 0 Å². The van der Waals surface area contributed by atoms with E-state index < -0.39 is 10.0 Å². The molecule has 0 radical (unpaired) electrons. The molecule has 0 aliphatic heterocycles. The van der Waals surface area contributed by atoms with Gasteiger partial charge in [-0.1, -0.05) is 0 Å². The standard InChI is InChI=1S/C12H21NO2S/c1-13(16(2,14)15)12-10-4-8-3-9(6-10)7-11(12)5-8/h8-12H,3-7H2,1-2H3. The number of sulfonamides is 1. The molecule has 92 valence electrons. The second-order valence-electron chi connectivity index (χ2n) is 6.20. The first kappa shape index (κ1) is 11.0. The first-order chi connectivity index (χ1) is 7.45.